The zero-order chi connectivity index (χ0) is 6.69. The summed E-state index contributed by atoms with van der Waals surface area (Å²) in [6.45, 7) is 0. The molecule has 0 saturated carbocycles. The quantitative estimate of drug-likeness (QED) is 0.515. The number of nitriles is 1. The molecule has 0 aromatic carbocycles. The summed E-state index contributed by atoms with van der Waals surface area (Å²) in [4.78, 5) is 3.46. The van der Waals surface area contributed by atoms with Gasteiger partial charge in [0.2, 0.25) is 0 Å². The highest BCUT2D eigenvalue weighted by Crippen LogP contribution is 1.94. The van der Waals surface area contributed by atoms with Crippen molar-refractivity contribution >= 4 is 0 Å². The van der Waals surface area contributed by atoms with Crippen molar-refractivity contribution in [3.8, 4) is 6.07 Å². The van der Waals surface area contributed by atoms with Gasteiger partial charge in [0.25, 0.3) is 0 Å². The Morgan fingerprint density at radius 2 is 2.33 bits per heavy atom. The minimum Gasteiger partial charge on any atom is -0.243 e. The molecule has 0 amide bonds. The summed E-state index contributed by atoms with van der Waals surface area (Å²) in [5.41, 5.74) is 0.233. The molecule has 0 aliphatic heterocycles. The van der Waals surface area contributed by atoms with E-state index in [0.29, 0.717) is 0 Å². The highest BCUT2D eigenvalue weighted by atomic mass is 18.2. The van der Waals surface area contributed by atoms with Gasteiger partial charge in [-0.1, -0.05) is 0 Å². The molecule has 1 heterocycles. The maximum atomic E-state index is 12.1. The Labute approximate surface area is 51.6 Å². The van der Waals surface area contributed by atoms with Crippen LogP contribution < -0.4 is 0 Å². The van der Waals surface area contributed by atoms with Crippen LogP contribution in [-0.4, -0.2) is 4.98 Å². The van der Waals surface area contributed by atoms with Crippen molar-refractivity contribution in [2.75, 3.05) is 0 Å². The predicted octanol–water partition coefficient (Wildman–Crippen LogP) is 1.09. The van der Waals surface area contributed by atoms with Gasteiger partial charge < -0.3 is 0 Å². The van der Waals surface area contributed by atoms with Gasteiger partial charge in [0.1, 0.15) is 17.6 Å². The highest BCUT2D eigenvalue weighted by Gasteiger charge is 1.89. The van der Waals surface area contributed by atoms with E-state index in [2.05, 4.69) is 4.98 Å². The van der Waals surface area contributed by atoms with Crippen molar-refractivity contribution in [3.63, 3.8) is 0 Å². The normalized spacial score (nSPS) is 8.44. The second kappa shape index (κ2) is 2.23. The summed E-state index contributed by atoms with van der Waals surface area (Å²) < 4.78 is 12.1. The van der Waals surface area contributed by atoms with E-state index in [0.717, 1.165) is 6.20 Å². The summed E-state index contributed by atoms with van der Waals surface area (Å²) >= 11 is 0. The van der Waals surface area contributed by atoms with Crippen molar-refractivity contribution in [1.29, 1.82) is 5.26 Å². The minimum atomic E-state index is -0.422. The van der Waals surface area contributed by atoms with E-state index >= 15 is 0 Å². The van der Waals surface area contributed by atoms with Crippen LogP contribution >= 0.6 is 0 Å². The number of rotatable bonds is 0. The third-order valence-electron chi connectivity index (χ3n) is 0.842. The van der Waals surface area contributed by atoms with E-state index in [-0.39, 0.29) is 5.69 Å². The molecule has 2 nitrogen and oxygen atoms in total. The fourth-order valence-electron chi connectivity index (χ4n) is 0.442. The molecule has 0 bridgehead atoms. The molecule has 0 radical (unpaired) electrons. The van der Waals surface area contributed by atoms with E-state index in [1.54, 1.807) is 6.07 Å². The molecule has 1 rings (SSSR count). The molecule has 0 atom stereocenters. The number of halogens is 1. The van der Waals surface area contributed by atoms with Gasteiger partial charge in [0.15, 0.2) is 0 Å². The van der Waals surface area contributed by atoms with Crippen molar-refractivity contribution in [1.82, 2.24) is 4.98 Å². The minimum absolute atomic E-state index is 0.233. The first-order valence-electron chi connectivity index (χ1n) is 2.34. The fourth-order valence-corrected chi connectivity index (χ4v) is 0.442. The Balaban J connectivity index is 3.06. The van der Waals surface area contributed by atoms with Gasteiger partial charge >= 0.3 is 0 Å². The molecular formula is C6H3FN2. The zero-order valence-corrected chi connectivity index (χ0v) is 4.50. The first kappa shape index (κ1) is 5.70. The van der Waals surface area contributed by atoms with E-state index in [1.165, 1.54) is 12.1 Å². The van der Waals surface area contributed by atoms with Gasteiger partial charge in [-0.15, -0.1) is 0 Å². The van der Waals surface area contributed by atoms with Gasteiger partial charge in [-0.25, -0.2) is 9.37 Å². The molecule has 0 aliphatic rings. The second-order valence-electron chi connectivity index (χ2n) is 1.47. The molecule has 3 heteroatoms. The maximum Gasteiger partial charge on any atom is 0.141 e. The molecule has 0 unspecified atom stereocenters. The molecule has 44 valence electrons. The number of hydrogen-bond donors (Lipinski definition) is 0. The summed E-state index contributed by atoms with van der Waals surface area (Å²) in [6, 6.07) is 4.31. The summed E-state index contributed by atoms with van der Waals surface area (Å²) in [7, 11) is 0. The highest BCUT2D eigenvalue weighted by molar-refractivity contribution is 5.18. The standard InChI is InChI=1S/C6H3FN2/c7-5-1-2-6(3-8)9-4-5/h1-2,4H/i7-1. The first-order valence-corrected chi connectivity index (χ1v) is 2.34. The number of nitrogens with zero attached hydrogens (tertiary/aromatic N) is 2. The second-order valence-corrected chi connectivity index (χ2v) is 1.47. The van der Waals surface area contributed by atoms with Crippen molar-refractivity contribution in [3.05, 3.63) is 29.8 Å². The maximum absolute atomic E-state index is 12.1. The Morgan fingerprint density at radius 3 is 2.78 bits per heavy atom. The molecule has 1 aromatic heterocycles. The molecule has 0 spiro atoms. The molecule has 1 aromatic rings. The average Bonchev–Trinajstić information content (AvgIpc) is 1.90. The lowest BCUT2D eigenvalue weighted by atomic mass is 10.4. The number of hydrogen-bond acceptors (Lipinski definition) is 2. The van der Waals surface area contributed by atoms with Crippen LogP contribution in [0.3, 0.4) is 0 Å². The van der Waals surface area contributed by atoms with Gasteiger partial charge in [0.05, 0.1) is 6.20 Å². The Kier molecular flexibility index (Phi) is 1.41. The van der Waals surface area contributed by atoms with Crippen LogP contribution in [-0.2, 0) is 0 Å². The van der Waals surface area contributed by atoms with Crippen molar-refractivity contribution < 1.29 is 4.39 Å². The molecule has 0 N–H and O–H groups in total. The lowest BCUT2D eigenvalue weighted by Crippen LogP contribution is -1.81. The molecule has 0 fully saturated rings. The number of pyridine rings is 1. The molecule has 0 aliphatic carbocycles. The first-order chi connectivity index (χ1) is 4.33. The molecule has 0 saturated heterocycles. The lowest BCUT2D eigenvalue weighted by molar-refractivity contribution is 0.621. The Bertz CT molecular complexity index is 234. The summed E-state index contributed by atoms with van der Waals surface area (Å²) in [5.74, 6) is -0.422. The molecular weight excluding hydrogens is 118 g/mol. The van der Waals surface area contributed by atoms with Crippen LogP contribution in [0, 0.1) is 17.1 Å². The van der Waals surface area contributed by atoms with Crippen LogP contribution in [0.2, 0.25) is 0 Å². The largest absolute Gasteiger partial charge is 0.243 e. The SMILES string of the molecule is N#Cc1ccc([18F])cn1. The zero-order valence-electron chi connectivity index (χ0n) is 4.50. The van der Waals surface area contributed by atoms with E-state index in [9.17, 15) is 4.39 Å². The topological polar surface area (TPSA) is 36.7 Å². The van der Waals surface area contributed by atoms with Crippen LogP contribution in [0.4, 0.5) is 4.39 Å². The van der Waals surface area contributed by atoms with Gasteiger partial charge in [0, 0.05) is 0 Å². The van der Waals surface area contributed by atoms with E-state index in [4.69, 9.17) is 5.26 Å². The van der Waals surface area contributed by atoms with Crippen LogP contribution in [0.5, 0.6) is 0 Å². The van der Waals surface area contributed by atoms with Gasteiger partial charge in [-0.2, -0.15) is 5.26 Å². The van der Waals surface area contributed by atoms with Gasteiger partial charge in [-0.3, -0.25) is 0 Å². The van der Waals surface area contributed by atoms with Crippen molar-refractivity contribution in [2.45, 2.75) is 0 Å². The van der Waals surface area contributed by atoms with Gasteiger partial charge in [-0.05, 0) is 12.1 Å². The Hall–Kier alpha value is -1.43. The average molecular weight is 121 g/mol. The van der Waals surface area contributed by atoms with Crippen LogP contribution in [0.25, 0.3) is 0 Å². The van der Waals surface area contributed by atoms with E-state index in [1.807, 2.05) is 0 Å². The smallest absolute Gasteiger partial charge is 0.141 e. The fraction of sp³-hybridized carbons (Fsp3) is 0. The lowest BCUT2D eigenvalue weighted by Gasteiger charge is -1.84. The number of aromatic nitrogens is 1. The van der Waals surface area contributed by atoms with Crippen LogP contribution in [0.15, 0.2) is 18.3 Å². The Morgan fingerprint density at radius 1 is 1.56 bits per heavy atom. The molecule has 9 heavy (non-hydrogen) atoms. The predicted molar refractivity (Wildman–Crippen MR) is 28.9 cm³/mol. The third kappa shape index (κ3) is 1.23. The monoisotopic (exact) mass is 121 g/mol. The van der Waals surface area contributed by atoms with Crippen molar-refractivity contribution in [2.24, 2.45) is 0 Å². The van der Waals surface area contributed by atoms with Crippen LogP contribution in [0.1, 0.15) is 5.69 Å². The summed E-state index contributed by atoms with van der Waals surface area (Å²) in [6.07, 6.45) is 1.01. The summed E-state index contributed by atoms with van der Waals surface area (Å²) in [5, 5.41) is 8.19. The van der Waals surface area contributed by atoms with E-state index < -0.39 is 5.82 Å². The third-order valence-corrected chi connectivity index (χ3v) is 0.842.